The van der Waals surface area contributed by atoms with Crippen LogP contribution in [0.2, 0.25) is 0 Å². The van der Waals surface area contributed by atoms with Crippen LogP contribution in [0.5, 0.6) is 0 Å². The molecule has 4 heteroatoms. The molecule has 1 aliphatic heterocycles. The van der Waals surface area contributed by atoms with Crippen molar-refractivity contribution in [3.05, 3.63) is 58.3 Å². The van der Waals surface area contributed by atoms with Crippen LogP contribution in [-0.4, -0.2) is 10.9 Å². The third kappa shape index (κ3) is 2.54. The van der Waals surface area contributed by atoms with Crippen LogP contribution in [0.25, 0.3) is 0 Å². The Hall–Kier alpha value is -1.68. The second-order valence-electron chi connectivity index (χ2n) is 4.58. The zero-order valence-electron chi connectivity index (χ0n) is 10.3. The second-order valence-corrected chi connectivity index (χ2v) is 5.50. The maximum Gasteiger partial charge on any atom is 0.227 e. The summed E-state index contributed by atoms with van der Waals surface area (Å²) in [4.78, 5) is 18.4. The Labute approximate surface area is 120 Å². The average Bonchev–Trinajstić information content (AvgIpc) is 2.43. The minimum atomic E-state index is 0.163. The fourth-order valence-corrected chi connectivity index (χ4v) is 2.64. The van der Waals surface area contributed by atoms with Gasteiger partial charge in [-0.05, 0) is 27.6 Å². The standard InChI is InChI=1S/C15H13BrN2O/c16-12-8-14-13(17-9-12)6-7-15(19)18(14)10-11-4-2-1-3-5-11/h1-5,8-9H,6-7,10H2. The van der Waals surface area contributed by atoms with E-state index in [-0.39, 0.29) is 5.91 Å². The number of aryl methyl sites for hydroxylation is 1. The van der Waals surface area contributed by atoms with Crippen LogP contribution >= 0.6 is 15.9 Å². The van der Waals surface area contributed by atoms with Crippen LogP contribution in [-0.2, 0) is 17.8 Å². The van der Waals surface area contributed by atoms with Gasteiger partial charge in [0.05, 0.1) is 17.9 Å². The number of halogens is 1. The minimum Gasteiger partial charge on any atom is -0.306 e. The van der Waals surface area contributed by atoms with Gasteiger partial charge in [0.2, 0.25) is 5.91 Å². The number of aromatic nitrogens is 1. The number of amides is 1. The van der Waals surface area contributed by atoms with Crippen molar-refractivity contribution < 1.29 is 4.79 Å². The number of carbonyl (C=O) groups is 1. The van der Waals surface area contributed by atoms with Gasteiger partial charge in [-0.3, -0.25) is 9.78 Å². The molecule has 1 aliphatic rings. The lowest BCUT2D eigenvalue weighted by atomic mass is 10.1. The molecule has 0 saturated heterocycles. The molecule has 0 radical (unpaired) electrons. The predicted octanol–water partition coefficient (Wildman–Crippen LogP) is 3.32. The molecule has 0 aliphatic carbocycles. The number of nitrogens with zero attached hydrogens (tertiary/aromatic N) is 2. The quantitative estimate of drug-likeness (QED) is 0.851. The maximum absolute atomic E-state index is 12.2. The lowest BCUT2D eigenvalue weighted by molar-refractivity contribution is -0.119. The van der Waals surface area contributed by atoms with E-state index in [9.17, 15) is 4.79 Å². The van der Waals surface area contributed by atoms with E-state index < -0.39 is 0 Å². The van der Waals surface area contributed by atoms with E-state index in [1.807, 2.05) is 41.3 Å². The van der Waals surface area contributed by atoms with Crippen LogP contribution in [0.1, 0.15) is 17.7 Å². The van der Waals surface area contributed by atoms with E-state index in [1.54, 1.807) is 6.20 Å². The number of fused-ring (bicyclic) bond motifs is 1. The van der Waals surface area contributed by atoms with Gasteiger partial charge in [-0.2, -0.15) is 0 Å². The van der Waals surface area contributed by atoms with E-state index in [4.69, 9.17) is 0 Å². The van der Waals surface area contributed by atoms with Crippen molar-refractivity contribution in [3.63, 3.8) is 0 Å². The molecule has 19 heavy (non-hydrogen) atoms. The van der Waals surface area contributed by atoms with E-state index in [0.29, 0.717) is 13.0 Å². The summed E-state index contributed by atoms with van der Waals surface area (Å²) >= 11 is 3.42. The molecule has 1 aromatic carbocycles. The normalized spacial score (nSPS) is 14.4. The van der Waals surface area contributed by atoms with Gasteiger partial charge in [0.25, 0.3) is 0 Å². The van der Waals surface area contributed by atoms with Crippen molar-refractivity contribution in [2.75, 3.05) is 4.90 Å². The Balaban J connectivity index is 1.97. The van der Waals surface area contributed by atoms with Crippen molar-refractivity contribution in [2.45, 2.75) is 19.4 Å². The Morgan fingerprint density at radius 1 is 1.21 bits per heavy atom. The van der Waals surface area contributed by atoms with Crippen LogP contribution in [0, 0.1) is 0 Å². The molecule has 0 bridgehead atoms. The second kappa shape index (κ2) is 5.13. The number of anilines is 1. The fourth-order valence-electron chi connectivity index (χ4n) is 2.32. The van der Waals surface area contributed by atoms with Crippen LogP contribution in [0.15, 0.2) is 47.1 Å². The average molecular weight is 317 g/mol. The Morgan fingerprint density at radius 3 is 2.79 bits per heavy atom. The highest BCUT2D eigenvalue weighted by Crippen LogP contribution is 2.30. The lowest BCUT2D eigenvalue weighted by Crippen LogP contribution is -2.34. The van der Waals surface area contributed by atoms with Crippen LogP contribution < -0.4 is 4.90 Å². The number of pyridine rings is 1. The number of carbonyl (C=O) groups excluding carboxylic acids is 1. The third-order valence-electron chi connectivity index (χ3n) is 3.27. The molecule has 0 saturated carbocycles. The number of rotatable bonds is 2. The van der Waals surface area contributed by atoms with Gasteiger partial charge in [-0.15, -0.1) is 0 Å². The first-order chi connectivity index (χ1) is 9.24. The van der Waals surface area contributed by atoms with Crippen LogP contribution in [0.4, 0.5) is 5.69 Å². The van der Waals surface area contributed by atoms with Crippen molar-refractivity contribution in [1.29, 1.82) is 0 Å². The van der Waals surface area contributed by atoms with Crippen molar-refractivity contribution in [3.8, 4) is 0 Å². The van der Waals surface area contributed by atoms with E-state index >= 15 is 0 Å². The molecule has 0 N–H and O–H groups in total. The summed E-state index contributed by atoms with van der Waals surface area (Å²) in [6.07, 6.45) is 3.05. The summed E-state index contributed by atoms with van der Waals surface area (Å²) in [6, 6.07) is 12.0. The monoisotopic (exact) mass is 316 g/mol. The van der Waals surface area contributed by atoms with Crippen molar-refractivity contribution in [2.24, 2.45) is 0 Å². The van der Waals surface area contributed by atoms with Crippen molar-refractivity contribution >= 4 is 27.5 Å². The highest BCUT2D eigenvalue weighted by molar-refractivity contribution is 9.10. The Bertz CT molecular complexity index is 613. The van der Waals surface area contributed by atoms with Crippen molar-refractivity contribution in [1.82, 2.24) is 4.98 Å². The molecule has 1 aromatic heterocycles. The molecular weight excluding hydrogens is 304 g/mol. The molecule has 0 fully saturated rings. The molecule has 0 unspecified atom stereocenters. The van der Waals surface area contributed by atoms with Gasteiger partial charge in [0.1, 0.15) is 0 Å². The maximum atomic E-state index is 12.2. The Kier molecular flexibility index (Phi) is 3.34. The van der Waals surface area contributed by atoms with Gasteiger partial charge in [0, 0.05) is 23.5 Å². The Morgan fingerprint density at radius 2 is 2.00 bits per heavy atom. The number of hydrogen-bond acceptors (Lipinski definition) is 2. The first-order valence-electron chi connectivity index (χ1n) is 6.23. The molecule has 96 valence electrons. The minimum absolute atomic E-state index is 0.163. The summed E-state index contributed by atoms with van der Waals surface area (Å²) < 4.78 is 0.902. The van der Waals surface area contributed by atoms with E-state index in [2.05, 4.69) is 20.9 Å². The SMILES string of the molecule is O=C1CCc2ncc(Br)cc2N1Cc1ccccc1. The molecule has 0 spiro atoms. The fraction of sp³-hybridized carbons (Fsp3) is 0.200. The first kappa shape index (κ1) is 12.4. The summed E-state index contributed by atoms with van der Waals surface area (Å²) in [6.45, 7) is 0.602. The molecule has 1 amide bonds. The summed E-state index contributed by atoms with van der Waals surface area (Å²) in [7, 11) is 0. The molecule has 2 aromatic rings. The summed E-state index contributed by atoms with van der Waals surface area (Å²) in [5.74, 6) is 0.163. The molecule has 3 nitrogen and oxygen atoms in total. The zero-order chi connectivity index (χ0) is 13.2. The summed E-state index contributed by atoms with van der Waals surface area (Å²) in [5, 5.41) is 0. The molecule has 2 heterocycles. The molecular formula is C15H13BrN2O. The van der Waals surface area contributed by atoms with Gasteiger partial charge < -0.3 is 4.90 Å². The summed E-state index contributed by atoms with van der Waals surface area (Å²) in [5.41, 5.74) is 3.05. The topological polar surface area (TPSA) is 33.2 Å². The predicted molar refractivity (Wildman–Crippen MR) is 77.9 cm³/mol. The van der Waals surface area contributed by atoms with Crippen LogP contribution in [0.3, 0.4) is 0 Å². The van der Waals surface area contributed by atoms with Gasteiger partial charge in [-0.25, -0.2) is 0 Å². The molecule has 0 atom stereocenters. The van der Waals surface area contributed by atoms with Gasteiger partial charge >= 0.3 is 0 Å². The highest BCUT2D eigenvalue weighted by Gasteiger charge is 2.25. The number of benzene rings is 1. The highest BCUT2D eigenvalue weighted by atomic mass is 79.9. The third-order valence-corrected chi connectivity index (χ3v) is 3.70. The molecule has 3 rings (SSSR count). The lowest BCUT2D eigenvalue weighted by Gasteiger charge is -2.29. The first-order valence-corrected chi connectivity index (χ1v) is 7.02. The largest absolute Gasteiger partial charge is 0.306 e. The number of hydrogen-bond donors (Lipinski definition) is 0. The van der Waals surface area contributed by atoms with E-state index in [0.717, 1.165) is 27.8 Å². The van der Waals surface area contributed by atoms with E-state index in [1.165, 1.54) is 0 Å². The zero-order valence-corrected chi connectivity index (χ0v) is 11.9. The van der Waals surface area contributed by atoms with Gasteiger partial charge in [-0.1, -0.05) is 30.3 Å². The smallest absolute Gasteiger partial charge is 0.227 e. The van der Waals surface area contributed by atoms with Gasteiger partial charge in [0.15, 0.2) is 0 Å².